The second kappa shape index (κ2) is 6.05. The van der Waals surface area contributed by atoms with Gasteiger partial charge in [-0.1, -0.05) is 30.1 Å². The van der Waals surface area contributed by atoms with E-state index in [4.69, 9.17) is 23.2 Å². The SMILES string of the molecule is CC(=O)C(C)CNC(C)(C)c1cc(Cl)cc(Cl)c1. The number of ketones is 1. The first-order chi connectivity index (χ1) is 8.22. The lowest BCUT2D eigenvalue weighted by molar-refractivity contribution is -0.120. The highest BCUT2D eigenvalue weighted by molar-refractivity contribution is 6.34. The Morgan fingerprint density at radius 2 is 1.78 bits per heavy atom. The molecule has 0 amide bonds. The van der Waals surface area contributed by atoms with Crippen molar-refractivity contribution in [1.29, 1.82) is 0 Å². The number of hydrogen-bond acceptors (Lipinski definition) is 2. The van der Waals surface area contributed by atoms with Crippen molar-refractivity contribution < 1.29 is 4.79 Å². The van der Waals surface area contributed by atoms with E-state index >= 15 is 0 Å². The summed E-state index contributed by atoms with van der Waals surface area (Å²) >= 11 is 12.0. The number of halogens is 2. The van der Waals surface area contributed by atoms with Gasteiger partial charge in [-0.25, -0.2) is 0 Å². The lowest BCUT2D eigenvalue weighted by atomic mass is 9.93. The topological polar surface area (TPSA) is 29.1 Å². The molecule has 4 heteroatoms. The zero-order chi connectivity index (χ0) is 13.9. The zero-order valence-corrected chi connectivity index (χ0v) is 12.7. The summed E-state index contributed by atoms with van der Waals surface area (Å²) in [7, 11) is 0. The van der Waals surface area contributed by atoms with Crippen molar-refractivity contribution >= 4 is 29.0 Å². The molecule has 1 atom stereocenters. The van der Waals surface area contributed by atoms with Crippen molar-refractivity contribution in [2.75, 3.05) is 6.54 Å². The number of carbonyl (C=O) groups is 1. The standard InChI is InChI=1S/C14H19Cl2NO/c1-9(10(2)18)8-17-14(3,4)11-5-12(15)7-13(16)6-11/h5-7,9,17H,8H2,1-4H3. The average molecular weight is 288 g/mol. The van der Waals surface area contributed by atoms with Gasteiger partial charge in [0.1, 0.15) is 5.78 Å². The average Bonchev–Trinajstić information content (AvgIpc) is 2.24. The predicted octanol–water partition coefficient (Wildman–Crippen LogP) is 4.04. The second-order valence-electron chi connectivity index (χ2n) is 5.18. The van der Waals surface area contributed by atoms with Crippen LogP contribution in [0.25, 0.3) is 0 Å². The minimum absolute atomic E-state index is 0.000990. The number of nitrogens with one attached hydrogen (secondary N) is 1. The van der Waals surface area contributed by atoms with Gasteiger partial charge >= 0.3 is 0 Å². The Balaban J connectivity index is 2.82. The fraction of sp³-hybridized carbons (Fsp3) is 0.500. The molecule has 0 heterocycles. The molecule has 0 bridgehead atoms. The first kappa shape index (κ1) is 15.5. The van der Waals surface area contributed by atoms with Crippen LogP contribution in [0.4, 0.5) is 0 Å². The molecule has 0 fully saturated rings. The first-order valence-corrected chi connectivity index (χ1v) is 6.70. The summed E-state index contributed by atoms with van der Waals surface area (Å²) < 4.78 is 0. The normalized spacial score (nSPS) is 13.4. The number of carbonyl (C=O) groups excluding carboxylic acids is 1. The van der Waals surface area contributed by atoms with Crippen LogP contribution in [0.2, 0.25) is 10.0 Å². The molecule has 0 radical (unpaired) electrons. The van der Waals surface area contributed by atoms with Gasteiger partial charge in [-0.05, 0) is 44.5 Å². The summed E-state index contributed by atoms with van der Waals surface area (Å²) in [6, 6.07) is 5.48. The predicted molar refractivity (Wildman–Crippen MR) is 77.3 cm³/mol. The lowest BCUT2D eigenvalue weighted by Gasteiger charge is -2.28. The minimum atomic E-state index is -0.280. The Bertz CT molecular complexity index is 423. The molecule has 1 aromatic rings. The van der Waals surface area contributed by atoms with E-state index in [1.807, 2.05) is 32.9 Å². The third-order valence-electron chi connectivity index (χ3n) is 3.13. The quantitative estimate of drug-likeness (QED) is 0.885. The van der Waals surface area contributed by atoms with Gasteiger partial charge in [0, 0.05) is 28.0 Å². The number of Topliss-reactive ketones (excluding diaryl/α,β-unsaturated/α-hetero) is 1. The van der Waals surface area contributed by atoms with E-state index in [9.17, 15) is 4.79 Å². The van der Waals surface area contributed by atoms with Crippen LogP contribution in [0.15, 0.2) is 18.2 Å². The number of rotatable bonds is 5. The smallest absolute Gasteiger partial charge is 0.133 e. The molecule has 1 N–H and O–H groups in total. The third-order valence-corrected chi connectivity index (χ3v) is 3.56. The van der Waals surface area contributed by atoms with Gasteiger partial charge in [-0.2, -0.15) is 0 Å². The van der Waals surface area contributed by atoms with Crippen molar-refractivity contribution in [2.24, 2.45) is 5.92 Å². The highest BCUT2D eigenvalue weighted by Crippen LogP contribution is 2.27. The van der Waals surface area contributed by atoms with E-state index in [2.05, 4.69) is 5.32 Å². The Kier molecular flexibility index (Phi) is 5.20. The molecule has 1 rings (SSSR count). The lowest BCUT2D eigenvalue weighted by Crippen LogP contribution is -2.40. The Morgan fingerprint density at radius 3 is 2.22 bits per heavy atom. The molecule has 18 heavy (non-hydrogen) atoms. The molecule has 100 valence electrons. The Labute approximate surface area is 119 Å². The summed E-state index contributed by atoms with van der Waals surface area (Å²) in [5.41, 5.74) is 0.730. The van der Waals surface area contributed by atoms with Crippen LogP contribution >= 0.6 is 23.2 Å². The van der Waals surface area contributed by atoms with E-state index in [0.717, 1.165) is 5.56 Å². The molecular formula is C14H19Cl2NO. The van der Waals surface area contributed by atoms with Crippen LogP contribution in [0.5, 0.6) is 0 Å². The van der Waals surface area contributed by atoms with E-state index in [1.54, 1.807) is 13.0 Å². The largest absolute Gasteiger partial charge is 0.307 e. The van der Waals surface area contributed by atoms with Gasteiger partial charge in [0.2, 0.25) is 0 Å². The molecule has 0 aliphatic rings. The van der Waals surface area contributed by atoms with Crippen molar-refractivity contribution in [3.05, 3.63) is 33.8 Å². The van der Waals surface area contributed by atoms with Crippen LogP contribution in [0, 0.1) is 5.92 Å². The first-order valence-electron chi connectivity index (χ1n) is 5.94. The molecule has 0 spiro atoms. The van der Waals surface area contributed by atoms with Gasteiger partial charge in [0.25, 0.3) is 0 Å². The maximum absolute atomic E-state index is 11.2. The molecule has 1 aromatic carbocycles. The second-order valence-corrected chi connectivity index (χ2v) is 6.05. The maximum Gasteiger partial charge on any atom is 0.133 e. The van der Waals surface area contributed by atoms with Crippen molar-refractivity contribution in [3.8, 4) is 0 Å². The van der Waals surface area contributed by atoms with E-state index in [0.29, 0.717) is 16.6 Å². The number of benzene rings is 1. The summed E-state index contributed by atoms with van der Waals surface area (Å²) in [4.78, 5) is 11.2. The Morgan fingerprint density at radius 1 is 1.28 bits per heavy atom. The molecule has 1 unspecified atom stereocenters. The van der Waals surface area contributed by atoms with E-state index in [-0.39, 0.29) is 17.2 Å². The number of hydrogen-bond donors (Lipinski definition) is 1. The van der Waals surface area contributed by atoms with Crippen LogP contribution in [0.3, 0.4) is 0 Å². The van der Waals surface area contributed by atoms with Gasteiger partial charge in [-0.3, -0.25) is 4.79 Å². The molecule has 0 aliphatic heterocycles. The van der Waals surface area contributed by atoms with Gasteiger partial charge in [0.15, 0.2) is 0 Å². The van der Waals surface area contributed by atoms with E-state index < -0.39 is 0 Å². The van der Waals surface area contributed by atoms with Crippen molar-refractivity contribution in [1.82, 2.24) is 5.32 Å². The molecule has 0 saturated carbocycles. The summed E-state index contributed by atoms with van der Waals surface area (Å²) in [6.45, 7) is 8.24. The molecule has 0 saturated heterocycles. The zero-order valence-electron chi connectivity index (χ0n) is 11.2. The molecule has 0 aromatic heterocycles. The van der Waals surface area contributed by atoms with Gasteiger partial charge < -0.3 is 5.32 Å². The monoisotopic (exact) mass is 287 g/mol. The fourth-order valence-corrected chi connectivity index (χ4v) is 2.09. The minimum Gasteiger partial charge on any atom is -0.307 e. The van der Waals surface area contributed by atoms with E-state index in [1.165, 1.54) is 0 Å². The molecule has 2 nitrogen and oxygen atoms in total. The maximum atomic E-state index is 11.2. The Hall–Kier alpha value is -0.570. The van der Waals surface area contributed by atoms with Gasteiger partial charge in [-0.15, -0.1) is 0 Å². The van der Waals surface area contributed by atoms with Gasteiger partial charge in [0.05, 0.1) is 0 Å². The fourth-order valence-electron chi connectivity index (χ4n) is 1.57. The van der Waals surface area contributed by atoms with Crippen molar-refractivity contribution in [2.45, 2.75) is 33.2 Å². The third kappa shape index (κ3) is 4.27. The van der Waals surface area contributed by atoms with Crippen LogP contribution < -0.4 is 5.32 Å². The van der Waals surface area contributed by atoms with Crippen molar-refractivity contribution in [3.63, 3.8) is 0 Å². The van der Waals surface area contributed by atoms with Crippen LogP contribution in [-0.2, 0) is 10.3 Å². The molecule has 0 aliphatic carbocycles. The summed E-state index contributed by atoms with van der Waals surface area (Å²) in [5, 5.41) is 4.61. The highest BCUT2D eigenvalue weighted by Gasteiger charge is 2.22. The summed E-state index contributed by atoms with van der Waals surface area (Å²) in [5.74, 6) is 0.182. The highest BCUT2D eigenvalue weighted by atomic mass is 35.5. The summed E-state index contributed by atoms with van der Waals surface area (Å²) in [6.07, 6.45) is 0. The van der Waals surface area contributed by atoms with Crippen LogP contribution in [0.1, 0.15) is 33.3 Å². The molecular weight excluding hydrogens is 269 g/mol. The van der Waals surface area contributed by atoms with Crippen LogP contribution in [-0.4, -0.2) is 12.3 Å².